The van der Waals surface area contributed by atoms with Gasteiger partial charge in [-0.3, -0.25) is 23.3 Å². The topological polar surface area (TPSA) is 92.3 Å². The lowest BCUT2D eigenvalue weighted by Crippen LogP contribution is -2.38. The third kappa shape index (κ3) is 3.36. The van der Waals surface area contributed by atoms with E-state index >= 15 is 0 Å². The van der Waals surface area contributed by atoms with Crippen LogP contribution in [0.2, 0.25) is 5.15 Å². The quantitative estimate of drug-likeness (QED) is 0.563. The Balaban J connectivity index is 2.40. The maximum atomic E-state index is 12.8. The van der Waals surface area contributed by atoms with Gasteiger partial charge >= 0.3 is 16.5 Å². The molecule has 3 aromatic rings. The van der Waals surface area contributed by atoms with Crippen LogP contribution in [-0.4, -0.2) is 26.8 Å². The van der Waals surface area contributed by atoms with Crippen molar-refractivity contribution in [1.29, 1.82) is 0 Å². The van der Waals surface area contributed by atoms with Crippen LogP contribution < -0.4 is 16.1 Å². The van der Waals surface area contributed by atoms with E-state index in [9.17, 15) is 19.2 Å². The van der Waals surface area contributed by atoms with Crippen LogP contribution >= 0.6 is 34.3 Å². The predicted molar refractivity (Wildman–Crippen MR) is 110 cm³/mol. The van der Waals surface area contributed by atoms with E-state index in [1.54, 1.807) is 0 Å². The van der Waals surface area contributed by atoms with Gasteiger partial charge in [0.05, 0.1) is 24.6 Å². The Bertz CT molecular complexity index is 1240. The summed E-state index contributed by atoms with van der Waals surface area (Å²) in [5.41, 5.74) is -0.970. The van der Waals surface area contributed by atoms with Gasteiger partial charge in [0.2, 0.25) is 0 Å². The Morgan fingerprint density at radius 3 is 2.46 bits per heavy atom. The van der Waals surface area contributed by atoms with Crippen LogP contribution in [0.5, 0.6) is 0 Å². The monoisotopic (exact) mass is 443 g/mol. The molecule has 0 radical (unpaired) electrons. The summed E-state index contributed by atoms with van der Waals surface area (Å²) in [5.74, 6) is -0.563. The number of fused-ring (bicyclic) bond motifs is 1. The maximum Gasteiger partial charge on any atom is 0.339 e. The fourth-order valence-corrected chi connectivity index (χ4v) is 5.13. The number of aromatic nitrogens is 3. The van der Waals surface area contributed by atoms with Crippen molar-refractivity contribution in [2.45, 2.75) is 26.9 Å². The molecule has 0 aliphatic heterocycles. The van der Waals surface area contributed by atoms with E-state index in [4.69, 9.17) is 16.3 Å². The number of ether oxygens (including phenoxy) is 1. The molecule has 0 aliphatic rings. The van der Waals surface area contributed by atoms with Gasteiger partial charge in [0.25, 0.3) is 5.56 Å². The number of rotatable bonds is 5. The molecule has 0 fully saturated rings. The molecule has 3 aromatic heterocycles. The van der Waals surface area contributed by atoms with E-state index in [0.717, 1.165) is 27.2 Å². The van der Waals surface area contributed by atoms with Crippen molar-refractivity contribution >= 4 is 50.5 Å². The fraction of sp³-hybridized carbons (Fsp3) is 0.412. The zero-order chi connectivity index (χ0) is 20.7. The van der Waals surface area contributed by atoms with Gasteiger partial charge in [-0.05, 0) is 5.92 Å². The second-order valence-corrected chi connectivity index (χ2v) is 8.93. The number of thiophene rings is 1. The molecule has 11 heteroatoms. The van der Waals surface area contributed by atoms with Gasteiger partial charge in [0.15, 0.2) is 0 Å². The first-order valence-electron chi connectivity index (χ1n) is 8.34. The number of hydrogen-bond donors (Lipinski definition) is 0. The van der Waals surface area contributed by atoms with Crippen LogP contribution in [0.25, 0.3) is 10.2 Å². The average Bonchev–Trinajstić information content (AvgIpc) is 3.18. The Morgan fingerprint density at radius 1 is 1.25 bits per heavy atom. The number of halogens is 1. The molecule has 0 bridgehead atoms. The van der Waals surface area contributed by atoms with Crippen molar-refractivity contribution in [3.8, 4) is 0 Å². The van der Waals surface area contributed by atoms with Gasteiger partial charge < -0.3 is 4.74 Å². The molecule has 3 heterocycles. The molecule has 0 aromatic carbocycles. The summed E-state index contributed by atoms with van der Waals surface area (Å²) in [6.45, 7) is 4.28. The van der Waals surface area contributed by atoms with Crippen molar-refractivity contribution in [2.24, 2.45) is 13.0 Å². The third-order valence-corrected chi connectivity index (χ3v) is 6.62. The van der Waals surface area contributed by atoms with Crippen molar-refractivity contribution in [3.05, 3.63) is 51.5 Å². The van der Waals surface area contributed by atoms with Crippen LogP contribution in [0, 0.1) is 5.92 Å². The van der Waals surface area contributed by atoms with Crippen molar-refractivity contribution in [2.75, 3.05) is 7.11 Å². The Kier molecular flexibility index (Phi) is 5.64. The number of carbonyl (C=O) groups is 1. The molecule has 28 heavy (non-hydrogen) atoms. The summed E-state index contributed by atoms with van der Waals surface area (Å²) in [5, 5.41) is 1.85. The SMILES string of the molecule is COC(=O)c1c(Cn2c(Cl)csc2=O)sc2c1c(=O)n(C)c(=O)n2CC(C)C. The molecule has 0 saturated carbocycles. The molecule has 0 N–H and O–H groups in total. The lowest BCUT2D eigenvalue weighted by molar-refractivity contribution is 0.0602. The van der Waals surface area contributed by atoms with E-state index in [-0.39, 0.29) is 33.4 Å². The maximum absolute atomic E-state index is 12.8. The van der Waals surface area contributed by atoms with E-state index < -0.39 is 17.2 Å². The molecule has 3 rings (SSSR count). The highest BCUT2D eigenvalue weighted by Crippen LogP contribution is 2.31. The number of thiazole rings is 1. The summed E-state index contributed by atoms with van der Waals surface area (Å²) in [7, 11) is 2.59. The number of carbonyl (C=O) groups excluding carboxylic acids is 1. The highest BCUT2D eigenvalue weighted by molar-refractivity contribution is 7.19. The normalized spacial score (nSPS) is 11.5. The van der Waals surface area contributed by atoms with Crippen LogP contribution in [0.15, 0.2) is 19.8 Å². The van der Waals surface area contributed by atoms with E-state index in [0.29, 0.717) is 16.3 Å². The minimum Gasteiger partial charge on any atom is -0.465 e. The van der Waals surface area contributed by atoms with Crippen LogP contribution in [0.1, 0.15) is 29.1 Å². The molecule has 0 saturated heterocycles. The van der Waals surface area contributed by atoms with E-state index in [2.05, 4.69) is 0 Å². The molecule has 0 atom stereocenters. The Hall–Kier alpha value is -2.17. The van der Waals surface area contributed by atoms with Gasteiger partial charge in [-0.25, -0.2) is 9.59 Å². The number of hydrogen-bond acceptors (Lipinski definition) is 7. The summed E-state index contributed by atoms with van der Waals surface area (Å²) < 4.78 is 8.66. The van der Waals surface area contributed by atoms with Crippen LogP contribution in [0.4, 0.5) is 0 Å². The summed E-state index contributed by atoms with van der Waals surface area (Å²) in [6.07, 6.45) is 0. The summed E-state index contributed by atoms with van der Waals surface area (Å²) in [4.78, 5) is 50.6. The van der Waals surface area contributed by atoms with Crippen molar-refractivity contribution < 1.29 is 9.53 Å². The molecule has 150 valence electrons. The van der Waals surface area contributed by atoms with Gasteiger partial charge in [-0.1, -0.05) is 36.8 Å². The smallest absolute Gasteiger partial charge is 0.339 e. The largest absolute Gasteiger partial charge is 0.465 e. The average molecular weight is 444 g/mol. The predicted octanol–water partition coefficient (Wildman–Crippen LogP) is 2.13. The number of esters is 1. The van der Waals surface area contributed by atoms with Gasteiger partial charge in [-0.15, -0.1) is 11.3 Å². The molecular weight excluding hydrogens is 426 g/mol. The molecule has 0 unspecified atom stereocenters. The Morgan fingerprint density at radius 2 is 1.93 bits per heavy atom. The zero-order valence-electron chi connectivity index (χ0n) is 15.6. The van der Waals surface area contributed by atoms with Crippen molar-refractivity contribution in [3.63, 3.8) is 0 Å². The second-order valence-electron chi connectivity index (χ2n) is 6.63. The zero-order valence-corrected chi connectivity index (χ0v) is 18.0. The lowest BCUT2D eigenvalue weighted by Gasteiger charge is -2.11. The lowest BCUT2D eigenvalue weighted by atomic mass is 10.1. The molecular formula is C17H18ClN3O5S2. The number of methoxy groups -OCH3 is 1. The molecule has 0 spiro atoms. The first-order valence-corrected chi connectivity index (χ1v) is 10.4. The van der Waals surface area contributed by atoms with E-state index in [1.807, 2.05) is 13.8 Å². The van der Waals surface area contributed by atoms with E-state index in [1.165, 1.54) is 28.7 Å². The molecule has 0 amide bonds. The van der Waals surface area contributed by atoms with Crippen LogP contribution in [0.3, 0.4) is 0 Å². The van der Waals surface area contributed by atoms with Gasteiger partial charge in [-0.2, -0.15) is 0 Å². The molecule has 8 nitrogen and oxygen atoms in total. The number of nitrogens with zero attached hydrogens (tertiary/aromatic N) is 3. The minimum atomic E-state index is -0.701. The summed E-state index contributed by atoms with van der Waals surface area (Å²) in [6, 6.07) is 0. The van der Waals surface area contributed by atoms with Crippen LogP contribution in [-0.2, 0) is 24.9 Å². The first-order chi connectivity index (χ1) is 13.2. The Labute approximate surface area is 172 Å². The van der Waals surface area contributed by atoms with Gasteiger partial charge in [0.1, 0.15) is 9.98 Å². The first kappa shape index (κ1) is 20.6. The highest BCUT2D eigenvalue weighted by atomic mass is 35.5. The highest BCUT2D eigenvalue weighted by Gasteiger charge is 2.27. The fourth-order valence-electron chi connectivity index (χ4n) is 2.93. The van der Waals surface area contributed by atoms with Crippen molar-refractivity contribution in [1.82, 2.24) is 13.7 Å². The summed E-state index contributed by atoms with van der Waals surface area (Å²) >= 11 is 8.15. The molecule has 0 aliphatic carbocycles. The third-order valence-electron chi connectivity index (χ3n) is 4.22. The standard InChI is InChI=1S/C17H18ClN3O5S2/c1-8(2)5-21-14-12(13(22)19(3)16(21)24)11(15(23)26-4)9(28-14)6-20-10(18)7-27-17(20)25/h7-8H,5-6H2,1-4H3. The minimum absolute atomic E-state index is 0.00394. The second kappa shape index (κ2) is 7.69. The van der Waals surface area contributed by atoms with Gasteiger partial charge in [0, 0.05) is 23.8 Å².